The van der Waals surface area contributed by atoms with Gasteiger partial charge in [-0.15, -0.1) is 0 Å². The van der Waals surface area contributed by atoms with Gasteiger partial charge in [-0.05, 0) is 33.1 Å². The van der Waals surface area contributed by atoms with E-state index < -0.39 is 11.6 Å². The molecule has 0 aromatic carbocycles. The van der Waals surface area contributed by atoms with Gasteiger partial charge in [0, 0.05) is 25.6 Å². The first-order valence-electron chi connectivity index (χ1n) is 6.14. The molecule has 0 saturated carbocycles. The summed E-state index contributed by atoms with van der Waals surface area (Å²) in [6.45, 7) is 6.33. The maximum atomic E-state index is 11.8. The number of aliphatic carboxylic acids is 1. The van der Waals surface area contributed by atoms with Crippen molar-refractivity contribution in [2.75, 3.05) is 13.1 Å². The van der Waals surface area contributed by atoms with E-state index in [4.69, 9.17) is 15.6 Å². The molecule has 0 aromatic heterocycles. The lowest BCUT2D eigenvalue weighted by Crippen LogP contribution is -2.36. The van der Waals surface area contributed by atoms with Gasteiger partial charge in [-0.1, -0.05) is 0 Å². The van der Waals surface area contributed by atoms with Gasteiger partial charge in [-0.3, -0.25) is 4.79 Å². The average molecular weight is 258 g/mol. The standard InChI is InChI=1S/C12H22N2O4/c1-12(2,3)18-11(17)14-6-8(9(13)7-14)4-5-10(15)16/h8-9H,4-7,13H2,1-3H3,(H,15,16)/t8-,9-/m0/s1. The first-order chi connectivity index (χ1) is 8.19. The second kappa shape index (κ2) is 5.56. The predicted molar refractivity (Wildman–Crippen MR) is 66.1 cm³/mol. The van der Waals surface area contributed by atoms with Crippen LogP contribution in [0, 0.1) is 5.92 Å². The number of rotatable bonds is 3. The van der Waals surface area contributed by atoms with Gasteiger partial charge in [0.2, 0.25) is 0 Å². The number of nitrogens with zero attached hydrogens (tertiary/aromatic N) is 1. The zero-order chi connectivity index (χ0) is 13.9. The Bertz CT molecular complexity index is 325. The SMILES string of the molecule is CC(C)(C)OC(=O)N1C[C@H](CCC(=O)O)[C@@H](N)C1. The molecule has 6 heteroatoms. The van der Waals surface area contributed by atoms with Crippen LogP contribution in [0.25, 0.3) is 0 Å². The lowest BCUT2D eigenvalue weighted by molar-refractivity contribution is -0.137. The van der Waals surface area contributed by atoms with Gasteiger partial charge in [0.15, 0.2) is 0 Å². The van der Waals surface area contributed by atoms with Crippen LogP contribution >= 0.6 is 0 Å². The Balaban J connectivity index is 2.47. The number of hydrogen-bond donors (Lipinski definition) is 2. The highest BCUT2D eigenvalue weighted by Crippen LogP contribution is 2.22. The van der Waals surface area contributed by atoms with E-state index in [0.717, 1.165) is 0 Å². The molecule has 2 atom stereocenters. The van der Waals surface area contributed by atoms with Crippen molar-refractivity contribution in [3.8, 4) is 0 Å². The van der Waals surface area contributed by atoms with E-state index in [-0.39, 0.29) is 24.5 Å². The minimum Gasteiger partial charge on any atom is -0.481 e. The second-order valence-electron chi connectivity index (χ2n) is 5.74. The third-order valence-corrected chi connectivity index (χ3v) is 2.87. The molecule has 0 unspecified atom stereocenters. The number of carbonyl (C=O) groups excluding carboxylic acids is 1. The summed E-state index contributed by atoms with van der Waals surface area (Å²) in [4.78, 5) is 23.9. The number of carbonyl (C=O) groups is 2. The summed E-state index contributed by atoms with van der Waals surface area (Å²) in [5, 5.41) is 8.64. The van der Waals surface area contributed by atoms with Crippen LogP contribution in [0.3, 0.4) is 0 Å². The number of nitrogens with two attached hydrogens (primary N) is 1. The molecule has 104 valence electrons. The van der Waals surface area contributed by atoms with E-state index in [0.29, 0.717) is 19.5 Å². The maximum Gasteiger partial charge on any atom is 0.410 e. The summed E-state index contributed by atoms with van der Waals surface area (Å²) in [7, 11) is 0. The highest BCUT2D eigenvalue weighted by atomic mass is 16.6. The largest absolute Gasteiger partial charge is 0.481 e. The third-order valence-electron chi connectivity index (χ3n) is 2.87. The summed E-state index contributed by atoms with van der Waals surface area (Å²) in [6.07, 6.45) is 0.201. The molecular weight excluding hydrogens is 236 g/mol. The van der Waals surface area contributed by atoms with E-state index in [9.17, 15) is 9.59 Å². The zero-order valence-corrected chi connectivity index (χ0v) is 11.2. The summed E-state index contributed by atoms with van der Waals surface area (Å²) >= 11 is 0. The van der Waals surface area contributed by atoms with Crippen LogP contribution < -0.4 is 5.73 Å². The molecule has 1 heterocycles. The molecule has 18 heavy (non-hydrogen) atoms. The van der Waals surface area contributed by atoms with Gasteiger partial charge in [0.05, 0.1) is 0 Å². The molecule has 3 N–H and O–H groups in total. The van der Waals surface area contributed by atoms with Gasteiger partial charge in [-0.25, -0.2) is 4.79 Å². The molecule has 0 aliphatic carbocycles. The Morgan fingerprint density at radius 2 is 2.00 bits per heavy atom. The average Bonchev–Trinajstić information content (AvgIpc) is 2.54. The van der Waals surface area contributed by atoms with Crippen molar-refractivity contribution in [3.63, 3.8) is 0 Å². The van der Waals surface area contributed by atoms with Gasteiger partial charge < -0.3 is 20.5 Å². The topological polar surface area (TPSA) is 92.9 Å². The van der Waals surface area contributed by atoms with Gasteiger partial charge in [0.25, 0.3) is 0 Å². The Labute approximate surface area is 107 Å². The molecule has 1 aliphatic heterocycles. The number of likely N-dealkylation sites (tertiary alicyclic amines) is 1. The third kappa shape index (κ3) is 4.52. The minimum absolute atomic E-state index is 0.0358. The molecule has 0 aromatic rings. The molecule has 1 amide bonds. The lowest BCUT2D eigenvalue weighted by Gasteiger charge is -2.24. The van der Waals surface area contributed by atoms with E-state index in [2.05, 4.69) is 0 Å². The molecule has 0 bridgehead atoms. The Hall–Kier alpha value is -1.30. The highest BCUT2D eigenvalue weighted by molar-refractivity contribution is 5.69. The molecule has 6 nitrogen and oxygen atoms in total. The smallest absolute Gasteiger partial charge is 0.410 e. The molecule has 1 fully saturated rings. The van der Waals surface area contributed by atoms with E-state index in [1.54, 1.807) is 4.90 Å². The highest BCUT2D eigenvalue weighted by Gasteiger charge is 2.35. The van der Waals surface area contributed by atoms with Gasteiger partial charge >= 0.3 is 12.1 Å². The van der Waals surface area contributed by atoms with Gasteiger partial charge in [0.1, 0.15) is 5.60 Å². The fourth-order valence-corrected chi connectivity index (χ4v) is 1.99. The van der Waals surface area contributed by atoms with Crippen LogP contribution in [0.4, 0.5) is 4.79 Å². The van der Waals surface area contributed by atoms with Crippen molar-refractivity contribution in [2.45, 2.75) is 45.3 Å². The first kappa shape index (κ1) is 14.8. The Kier molecular flexibility index (Phi) is 4.56. The first-order valence-corrected chi connectivity index (χ1v) is 6.14. The van der Waals surface area contributed by atoms with Crippen molar-refractivity contribution in [1.82, 2.24) is 4.90 Å². The van der Waals surface area contributed by atoms with Gasteiger partial charge in [-0.2, -0.15) is 0 Å². The molecule has 1 aliphatic rings. The molecule has 0 radical (unpaired) electrons. The Morgan fingerprint density at radius 3 is 2.50 bits per heavy atom. The summed E-state index contributed by atoms with van der Waals surface area (Å²) < 4.78 is 5.26. The Morgan fingerprint density at radius 1 is 1.39 bits per heavy atom. The number of amides is 1. The monoisotopic (exact) mass is 258 g/mol. The minimum atomic E-state index is -0.835. The van der Waals surface area contributed by atoms with Crippen LogP contribution in [0.5, 0.6) is 0 Å². The van der Waals surface area contributed by atoms with Crippen molar-refractivity contribution >= 4 is 12.1 Å². The molecule has 0 spiro atoms. The van der Waals surface area contributed by atoms with E-state index in [1.807, 2.05) is 20.8 Å². The van der Waals surface area contributed by atoms with Crippen LogP contribution in [-0.4, -0.2) is 46.8 Å². The van der Waals surface area contributed by atoms with Crippen molar-refractivity contribution < 1.29 is 19.4 Å². The summed E-state index contributed by atoms with van der Waals surface area (Å²) in [5.41, 5.74) is 5.39. The lowest BCUT2D eigenvalue weighted by atomic mass is 9.99. The van der Waals surface area contributed by atoms with Crippen molar-refractivity contribution in [2.24, 2.45) is 11.7 Å². The van der Waals surface area contributed by atoms with Crippen molar-refractivity contribution in [1.29, 1.82) is 0 Å². The van der Waals surface area contributed by atoms with E-state index in [1.165, 1.54) is 0 Å². The summed E-state index contributed by atoms with van der Waals surface area (Å²) in [6, 6.07) is -0.170. The zero-order valence-electron chi connectivity index (χ0n) is 11.2. The van der Waals surface area contributed by atoms with Crippen LogP contribution in [0.1, 0.15) is 33.6 Å². The number of hydrogen-bond acceptors (Lipinski definition) is 4. The van der Waals surface area contributed by atoms with E-state index >= 15 is 0 Å². The normalized spacial score (nSPS) is 24.1. The second-order valence-corrected chi connectivity index (χ2v) is 5.74. The van der Waals surface area contributed by atoms with Crippen LogP contribution in [0.15, 0.2) is 0 Å². The predicted octanol–water partition coefficient (Wildman–Crippen LogP) is 1.05. The van der Waals surface area contributed by atoms with Crippen molar-refractivity contribution in [3.05, 3.63) is 0 Å². The number of ether oxygens (including phenoxy) is 1. The molecule has 1 saturated heterocycles. The number of carboxylic acid groups (broad SMARTS) is 1. The number of carboxylic acids is 1. The maximum absolute atomic E-state index is 11.8. The summed E-state index contributed by atoms with van der Waals surface area (Å²) in [5.74, 6) is -0.800. The fourth-order valence-electron chi connectivity index (χ4n) is 1.99. The fraction of sp³-hybridized carbons (Fsp3) is 0.833. The quantitative estimate of drug-likeness (QED) is 0.789. The molecular formula is C12H22N2O4. The van der Waals surface area contributed by atoms with Crippen LogP contribution in [0.2, 0.25) is 0 Å². The van der Waals surface area contributed by atoms with Crippen LogP contribution in [-0.2, 0) is 9.53 Å². The molecule has 1 rings (SSSR count).